The highest BCUT2D eigenvalue weighted by atomic mass is 16.5. The fraction of sp³-hybridized carbons (Fsp3) is 0.500. The molecule has 1 atom stereocenters. The van der Waals surface area contributed by atoms with Crippen LogP contribution >= 0.6 is 0 Å². The van der Waals surface area contributed by atoms with Crippen LogP contribution in [0.5, 0.6) is 5.75 Å². The number of nitrogens with zero attached hydrogens (tertiary/aromatic N) is 3. The maximum atomic E-state index is 10.7. The number of anilines is 1. The zero-order valence-electron chi connectivity index (χ0n) is 17.9. The zero-order chi connectivity index (χ0) is 21.6. The number of nitrogens with one attached hydrogen (secondary N) is 1. The third kappa shape index (κ3) is 4.99. The van der Waals surface area contributed by atoms with Gasteiger partial charge in [0.2, 0.25) is 0 Å². The molecule has 0 amide bonds. The van der Waals surface area contributed by atoms with E-state index in [0.717, 1.165) is 88.3 Å². The third-order valence-corrected chi connectivity index (χ3v) is 6.34. The molecule has 0 saturated carbocycles. The maximum Gasteiger partial charge on any atom is 0.142 e. The summed E-state index contributed by atoms with van der Waals surface area (Å²) in [5.74, 6) is 0.666. The number of hydrogen-bond acceptors (Lipinski definition) is 7. The molecule has 0 radical (unpaired) electrons. The molecule has 0 bridgehead atoms. The van der Waals surface area contributed by atoms with Crippen LogP contribution in [0, 0.1) is 11.3 Å². The van der Waals surface area contributed by atoms with Crippen molar-refractivity contribution in [3.05, 3.63) is 41.0 Å². The molecule has 1 aromatic heterocycles. The second kappa shape index (κ2) is 10.1. The van der Waals surface area contributed by atoms with Gasteiger partial charge in [-0.3, -0.25) is 4.90 Å². The van der Waals surface area contributed by atoms with E-state index in [1.54, 1.807) is 6.07 Å². The fourth-order valence-electron chi connectivity index (χ4n) is 4.68. The molecule has 1 unspecified atom stereocenters. The molecule has 2 aliphatic heterocycles. The average Bonchev–Trinajstić information content (AvgIpc) is 2.80. The number of hydrogen-bond donors (Lipinski definition) is 3. The summed E-state index contributed by atoms with van der Waals surface area (Å²) in [7, 11) is 0. The molecule has 164 valence electrons. The van der Waals surface area contributed by atoms with Crippen molar-refractivity contribution in [2.75, 3.05) is 51.7 Å². The molecule has 2 aliphatic rings. The first kappa shape index (κ1) is 21.6. The summed E-state index contributed by atoms with van der Waals surface area (Å²) in [6, 6.07) is 9.83. The molecule has 2 fully saturated rings. The van der Waals surface area contributed by atoms with E-state index < -0.39 is 0 Å². The van der Waals surface area contributed by atoms with E-state index in [1.165, 1.54) is 0 Å². The molecule has 3 heterocycles. The number of nitrogen functional groups attached to an aromatic ring is 1. The van der Waals surface area contributed by atoms with E-state index in [1.807, 2.05) is 18.2 Å². The van der Waals surface area contributed by atoms with Crippen LogP contribution in [0.1, 0.15) is 41.9 Å². The number of aryl methyl sites for hydroxylation is 1. The standard InChI is InChI=1S/C24H31N5O2/c25-15-20-19(18-5-2-8-27-16-18)14-21(28-24(20)26)23-17(4-1-7-22(23)30)6-3-9-29-10-12-31-13-11-29/h1,4,7,14,18,27,30H,2-3,5-6,8-13,16H2,(H2,26,28). The largest absolute Gasteiger partial charge is 0.507 e. The summed E-state index contributed by atoms with van der Waals surface area (Å²) in [6.07, 6.45) is 3.90. The third-order valence-electron chi connectivity index (χ3n) is 6.34. The average molecular weight is 422 g/mol. The monoisotopic (exact) mass is 421 g/mol. The van der Waals surface area contributed by atoms with E-state index in [4.69, 9.17) is 10.5 Å². The van der Waals surface area contributed by atoms with Gasteiger partial charge in [-0.1, -0.05) is 12.1 Å². The van der Waals surface area contributed by atoms with Crippen molar-refractivity contribution in [3.8, 4) is 23.1 Å². The fourth-order valence-corrected chi connectivity index (χ4v) is 4.68. The van der Waals surface area contributed by atoms with Crippen LogP contribution in [0.15, 0.2) is 24.3 Å². The number of morpholine rings is 1. The predicted molar refractivity (Wildman–Crippen MR) is 121 cm³/mol. The molecule has 1 aromatic carbocycles. The minimum absolute atomic E-state index is 0.202. The summed E-state index contributed by atoms with van der Waals surface area (Å²) >= 11 is 0. The summed E-state index contributed by atoms with van der Waals surface area (Å²) in [5.41, 5.74) is 10.0. The second-order valence-corrected chi connectivity index (χ2v) is 8.38. The van der Waals surface area contributed by atoms with Crippen molar-refractivity contribution >= 4 is 5.82 Å². The first-order valence-electron chi connectivity index (χ1n) is 11.2. The lowest BCUT2D eigenvalue weighted by Gasteiger charge is -2.26. The van der Waals surface area contributed by atoms with Crippen molar-refractivity contribution < 1.29 is 9.84 Å². The van der Waals surface area contributed by atoms with Crippen molar-refractivity contribution in [3.63, 3.8) is 0 Å². The molecule has 7 heteroatoms. The summed E-state index contributed by atoms with van der Waals surface area (Å²) in [4.78, 5) is 6.95. The molecule has 7 nitrogen and oxygen atoms in total. The van der Waals surface area contributed by atoms with Crippen molar-refractivity contribution in [1.29, 1.82) is 5.26 Å². The van der Waals surface area contributed by atoms with Gasteiger partial charge in [0.1, 0.15) is 17.6 Å². The van der Waals surface area contributed by atoms with Crippen LogP contribution in [0.3, 0.4) is 0 Å². The van der Waals surface area contributed by atoms with Crippen molar-refractivity contribution in [1.82, 2.24) is 15.2 Å². The number of aromatic nitrogens is 1. The SMILES string of the molecule is N#Cc1c(C2CCCNC2)cc(-c2c(O)cccc2CCCN2CCOCC2)nc1N. The highest BCUT2D eigenvalue weighted by Gasteiger charge is 2.23. The predicted octanol–water partition coefficient (Wildman–Crippen LogP) is 2.64. The smallest absolute Gasteiger partial charge is 0.142 e. The molecular weight excluding hydrogens is 390 g/mol. The molecule has 31 heavy (non-hydrogen) atoms. The van der Waals surface area contributed by atoms with Crippen molar-refractivity contribution in [2.24, 2.45) is 0 Å². The van der Waals surface area contributed by atoms with Gasteiger partial charge in [0.05, 0.1) is 24.5 Å². The summed E-state index contributed by atoms with van der Waals surface area (Å²) in [5, 5.41) is 23.8. The van der Waals surface area contributed by atoms with Gasteiger partial charge in [0, 0.05) is 25.2 Å². The Morgan fingerprint density at radius 3 is 2.90 bits per heavy atom. The van der Waals surface area contributed by atoms with Crippen molar-refractivity contribution in [2.45, 2.75) is 31.6 Å². The Morgan fingerprint density at radius 2 is 2.16 bits per heavy atom. The Labute approximate surface area is 183 Å². The molecular formula is C24H31N5O2. The molecule has 2 saturated heterocycles. The number of nitrogens with two attached hydrogens (primary N) is 1. The van der Waals surface area contributed by atoms with Crippen LogP contribution in [-0.4, -0.2) is 60.9 Å². The Balaban J connectivity index is 1.62. The Morgan fingerprint density at radius 1 is 1.32 bits per heavy atom. The normalized spacial score (nSPS) is 19.8. The number of rotatable bonds is 6. The van der Waals surface area contributed by atoms with Crippen LogP contribution in [0.25, 0.3) is 11.3 Å². The van der Waals surface area contributed by atoms with Crippen LogP contribution in [0.4, 0.5) is 5.82 Å². The van der Waals surface area contributed by atoms with E-state index in [2.05, 4.69) is 21.3 Å². The van der Waals surface area contributed by atoms with Gasteiger partial charge in [-0.25, -0.2) is 4.98 Å². The Kier molecular flexibility index (Phi) is 7.03. The number of benzene rings is 1. The number of pyridine rings is 1. The lowest BCUT2D eigenvalue weighted by atomic mass is 9.87. The Hall–Kier alpha value is -2.66. The van der Waals surface area contributed by atoms with Gasteiger partial charge in [-0.2, -0.15) is 5.26 Å². The topological polar surface area (TPSA) is 107 Å². The van der Waals surface area contributed by atoms with Gasteiger partial charge >= 0.3 is 0 Å². The highest BCUT2D eigenvalue weighted by Crippen LogP contribution is 2.37. The minimum atomic E-state index is 0.202. The maximum absolute atomic E-state index is 10.7. The van der Waals surface area contributed by atoms with Gasteiger partial charge in [-0.15, -0.1) is 0 Å². The quantitative estimate of drug-likeness (QED) is 0.658. The number of phenolic OH excluding ortho intramolecular Hbond substituents is 1. The van der Waals surface area contributed by atoms with Gasteiger partial charge < -0.3 is 20.9 Å². The minimum Gasteiger partial charge on any atom is -0.507 e. The van der Waals surface area contributed by atoms with E-state index in [-0.39, 0.29) is 17.5 Å². The molecule has 0 aliphatic carbocycles. The lowest BCUT2D eigenvalue weighted by molar-refractivity contribution is 0.0375. The molecule has 4 N–H and O–H groups in total. The molecule has 4 rings (SSSR count). The van der Waals surface area contributed by atoms with Gasteiger partial charge in [-0.05, 0) is 68.0 Å². The highest BCUT2D eigenvalue weighted by molar-refractivity contribution is 5.74. The van der Waals surface area contributed by atoms with E-state index in [9.17, 15) is 10.4 Å². The Bertz CT molecular complexity index is 944. The van der Waals surface area contributed by atoms with Crippen LogP contribution in [-0.2, 0) is 11.2 Å². The number of nitriles is 1. The molecule has 0 spiro atoms. The first-order valence-corrected chi connectivity index (χ1v) is 11.2. The number of ether oxygens (including phenoxy) is 1. The lowest BCUT2D eigenvalue weighted by Crippen LogP contribution is -2.36. The van der Waals surface area contributed by atoms with Crippen LogP contribution in [0.2, 0.25) is 0 Å². The van der Waals surface area contributed by atoms with E-state index >= 15 is 0 Å². The van der Waals surface area contributed by atoms with E-state index in [0.29, 0.717) is 11.3 Å². The zero-order valence-corrected chi connectivity index (χ0v) is 17.9. The summed E-state index contributed by atoms with van der Waals surface area (Å²) in [6.45, 7) is 6.36. The van der Waals surface area contributed by atoms with Crippen LogP contribution < -0.4 is 11.1 Å². The van der Waals surface area contributed by atoms with Gasteiger partial charge in [0.25, 0.3) is 0 Å². The second-order valence-electron chi connectivity index (χ2n) is 8.38. The van der Waals surface area contributed by atoms with Gasteiger partial charge in [0.15, 0.2) is 0 Å². The molecule has 2 aromatic rings. The number of aromatic hydroxyl groups is 1. The number of phenols is 1. The number of piperidine rings is 1. The first-order chi connectivity index (χ1) is 15.2. The summed E-state index contributed by atoms with van der Waals surface area (Å²) < 4.78 is 5.43.